The first kappa shape index (κ1) is 15.2. The van der Waals surface area contributed by atoms with Crippen LogP contribution in [0.2, 0.25) is 0 Å². The lowest BCUT2D eigenvalue weighted by Crippen LogP contribution is -2.52. The summed E-state index contributed by atoms with van der Waals surface area (Å²) >= 11 is 0. The molecule has 0 aromatic heterocycles. The van der Waals surface area contributed by atoms with Gasteiger partial charge in [-0.05, 0) is 13.8 Å². The molecule has 1 N–H and O–H groups in total. The molecular formula is C15H20N2O4. The lowest BCUT2D eigenvalue weighted by atomic mass is 9.82. The van der Waals surface area contributed by atoms with Gasteiger partial charge >= 0.3 is 12.2 Å². The quantitative estimate of drug-likeness (QED) is 0.868. The van der Waals surface area contributed by atoms with Crippen molar-refractivity contribution >= 4 is 12.2 Å². The molecule has 0 aromatic carbocycles. The van der Waals surface area contributed by atoms with Gasteiger partial charge in [0.2, 0.25) is 0 Å². The Hall–Kier alpha value is -2.24. The van der Waals surface area contributed by atoms with E-state index in [-0.39, 0.29) is 18.6 Å². The highest BCUT2D eigenvalue weighted by Gasteiger charge is 2.37. The molecule has 1 unspecified atom stereocenters. The Kier molecular flexibility index (Phi) is 4.67. The topological polar surface area (TPSA) is 67.9 Å². The number of carbonyl (C=O) groups excluding carboxylic acids is 2. The maximum atomic E-state index is 12.0. The molecule has 6 nitrogen and oxygen atoms in total. The van der Waals surface area contributed by atoms with E-state index in [4.69, 9.17) is 9.47 Å². The molecule has 1 aliphatic carbocycles. The third kappa shape index (κ3) is 3.45. The fourth-order valence-electron chi connectivity index (χ4n) is 2.41. The predicted octanol–water partition coefficient (Wildman–Crippen LogP) is 2.55. The number of amides is 2. The average molecular weight is 292 g/mol. The molecule has 2 aliphatic rings. The van der Waals surface area contributed by atoms with Crippen LogP contribution in [0, 0.1) is 5.41 Å². The average Bonchev–Trinajstić information content (AvgIpc) is 2.87. The van der Waals surface area contributed by atoms with Crippen molar-refractivity contribution in [1.82, 2.24) is 10.2 Å². The first-order valence-electron chi connectivity index (χ1n) is 7.05. The Bertz CT molecular complexity index is 484. The van der Waals surface area contributed by atoms with E-state index in [0.717, 1.165) is 0 Å². The molecule has 0 saturated carbocycles. The molecule has 1 heterocycles. The van der Waals surface area contributed by atoms with Gasteiger partial charge < -0.3 is 14.8 Å². The molecule has 0 saturated heterocycles. The molecule has 1 aliphatic heterocycles. The molecule has 2 amide bonds. The van der Waals surface area contributed by atoms with Crippen molar-refractivity contribution in [2.24, 2.45) is 5.41 Å². The molecule has 1 atom stereocenters. The minimum atomic E-state index is -0.548. The fourth-order valence-corrected chi connectivity index (χ4v) is 2.41. The Morgan fingerprint density at radius 1 is 1.19 bits per heavy atom. The monoisotopic (exact) mass is 292 g/mol. The van der Waals surface area contributed by atoms with Gasteiger partial charge in [0.1, 0.15) is 6.17 Å². The van der Waals surface area contributed by atoms with Crippen molar-refractivity contribution in [3.05, 3.63) is 36.6 Å². The zero-order chi connectivity index (χ0) is 15.3. The van der Waals surface area contributed by atoms with Crippen LogP contribution in [-0.4, -0.2) is 36.5 Å². The molecular weight excluding hydrogens is 272 g/mol. The Morgan fingerprint density at radius 2 is 1.86 bits per heavy atom. The van der Waals surface area contributed by atoms with Crippen LogP contribution in [0.3, 0.4) is 0 Å². The van der Waals surface area contributed by atoms with Crippen LogP contribution in [0.25, 0.3) is 0 Å². The van der Waals surface area contributed by atoms with Gasteiger partial charge in [-0.15, -0.1) is 0 Å². The number of carbonyl (C=O) groups is 2. The standard InChI is InChI=1S/C15H20N2O4/c1-3-20-13(18)16-12-11-15(7-5-6-8-15)9-10-17(12)14(19)21-4-2/h5-10,12H,3-4,11H2,1-2H3,(H,16,18). The molecule has 0 aromatic rings. The smallest absolute Gasteiger partial charge is 0.415 e. The molecule has 2 rings (SSSR count). The van der Waals surface area contributed by atoms with E-state index in [1.807, 2.05) is 30.4 Å². The number of rotatable bonds is 3. The number of hydrogen-bond acceptors (Lipinski definition) is 4. The second kappa shape index (κ2) is 6.47. The summed E-state index contributed by atoms with van der Waals surface area (Å²) in [5.74, 6) is 0. The summed E-state index contributed by atoms with van der Waals surface area (Å²) in [5, 5.41) is 2.71. The van der Waals surface area contributed by atoms with E-state index in [0.29, 0.717) is 6.42 Å². The number of ether oxygens (including phenoxy) is 2. The van der Waals surface area contributed by atoms with Gasteiger partial charge in [-0.25, -0.2) is 9.59 Å². The van der Waals surface area contributed by atoms with Crippen molar-refractivity contribution in [2.75, 3.05) is 13.2 Å². The Labute approximate surface area is 124 Å². The maximum absolute atomic E-state index is 12.0. The molecule has 0 fully saturated rings. The van der Waals surface area contributed by atoms with E-state index >= 15 is 0 Å². The number of nitrogens with zero attached hydrogens (tertiary/aromatic N) is 1. The normalized spacial score (nSPS) is 21.6. The van der Waals surface area contributed by atoms with Crippen LogP contribution in [0.4, 0.5) is 9.59 Å². The van der Waals surface area contributed by atoms with Crippen LogP contribution < -0.4 is 5.32 Å². The lowest BCUT2D eigenvalue weighted by molar-refractivity contribution is 0.0866. The van der Waals surface area contributed by atoms with Gasteiger partial charge in [-0.3, -0.25) is 4.90 Å². The van der Waals surface area contributed by atoms with E-state index in [9.17, 15) is 9.59 Å². The Morgan fingerprint density at radius 3 is 2.48 bits per heavy atom. The summed E-state index contributed by atoms with van der Waals surface area (Å²) < 4.78 is 9.91. The van der Waals surface area contributed by atoms with Gasteiger partial charge in [0.05, 0.1) is 13.2 Å². The zero-order valence-electron chi connectivity index (χ0n) is 12.2. The van der Waals surface area contributed by atoms with E-state index < -0.39 is 18.4 Å². The van der Waals surface area contributed by atoms with Crippen LogP contribution in [0.5, 0.6) is 0 Å². The minimum absolute atomic E-state index is 0.271. The SMILES string of the molecule is CCOC(=O)NC1CC2(C=CC=C2)C=CN1C(=O)OCC. The van der Waals surface area contributed by atoms with Gasteiger partial charge in [0.25, 0.3) is 0 Å². The van der Waals surface area contributed by atoms with Crippen molar-refractivity contribution < 1.29 is 19.1 Å². The van der Waals surface area contributed by atoms with Crippen molar-refractivity contribution in [3.8, 4) is 0 Å². The second-order valence-corrected chi connectivity index (χ2v) is 4.84. The van der Waals surface area contributed by atoms with Gasteiger partial charge in [-0.2, -0.15) is 0 Å². The number of nitrogens with one attached hydrogen (secondary N) is 1. The van der Waals surface area contributed by atoms with Crippen LogP contribution in [-0.2, 0) is 9.47 Å². The third-order valence-electron chi connectivity index (χ3n) is 3.39. The van der Waals surface area contributed by atoms with Crippen LogP contribution in [0.1, 0.15) is 20.3 Å². The van der Waals surface area contributed by atoms with Gasteiger partial charge in [0, 0.05) is 18.0 Å². The molecule has 21 heavy (non-hydrogen) atoms. The molecule has 6 heteroatoms. The summed E-state index contributed by atoms with van der Waals surface area (Å²) in [6.07, 6.45) is 10.5. The fraction of sp³-hybridized carbons (Fsp3) is 0.467. The number of allylic oxidation sites excluding steroid dienone is 5. The number of hydrogen-bond donors (Lipinski definition) is 1. The zero-order valence-corrected chi connectivity index (χ0v) is 12.2. The van der Waals surface area contributed by atoms with Crippen LogP contribution >= 0.6 is 0 Å². The van der Waals surface area contributed by atoms with Crippen molar-refractivity contribution in [3.63, 3.8) is 0 Å². The molecule has 1 spiro atoms. The largest absolute Gasteiger partial charge is 0.450 e. The Balaban J connectivity index is 2.16. The van der Waals surface area contributed by atoms with Gasteiger partial charge in [-0.1, -0.05) is 30.4 Å². The summed E-state index contributed by atoms with van der Waals surface area (Å²) in [7, 11) is 0. The maximum Gasteiger partial charge on any atom is 0.415 e. The summed E-state index contributed by atoms with van der Waals surface area (Å²) in [6.45, 7) is 4.02. The van der Waals surface area contributed by atoms with E-state index in [2.05, 4.69) is 5.32 Å². The summed E-state index contributed by atoms with van der Waals surface area (Å²) in [5.41, 5.74) is -0.271. The van der Waals surface area contributed by atoms with Crippen molar-refractivity contribution in [2.45, 2.75) is 26.4 Å². The first-order valence-corrected chi connectivity index (χ1v) is 7.05. The van der Waals surface area contributed by atoms with Crippen molar-refractivity contribution in [1.29, 1.82) is 0 Å². The van der Waals surface area contributed by atoms with E-state index in [1.165, 1.54) is 4.90 Å². The van der Waals surface area contributed by atoms with Gasteiger partial charge in [0.15, 0.2) is 0 Å². The second-order valence-electron chi connectivity index (χ2n) is 4.84. The lowest BCUT2D eigenvalue weighted by Gasteiger charge is -2.37. The summed E-state index contributed by atoms with van der Waals surface area (Å²) in [4.78, 5) is 25.0. The highest BCUT2D eigenvalue weighted by molar-refractivity contribution is 5.72. The highest BCUT2D eigenvalue weighted by Crippen LogP contribution is 2.37. The summed E-state index contributed by atoms with van der Waals surface area (Å²) in [6, 6.07) is 0. The highest BCUT2D eigenvalue weighted by atomic mass is 16.6. The minimum Gasteiger partial charge on any atom is -0.450 e. The van der Waals surface area contributed by atoms with E-state index in [1.54, 1.807) is 20.0 Å². The molecule has 114 valence electrons. The molecule has 0 bridgehead atoms. The first-order chi connectivity index (χ1) is 10.1. The third-order valence-corrected chi connectivity index (χ3v) is 3.39. The number of alkyl carbamates (subject to hydrolysis) is 1. The molecule has 0 radical (unpaired) electrons. The predicted molar refractivity (Wildman–Crippen MR) is 77.3 cm³/mol. The van der Waals surface area contributed by atoms with Crippen LogP contribution in [0.15, 0.2) is 36.6 Å².